The van der Waals surface area contributed by atoms with Crippen LogP contribution < -0.4 is 4.90 Å². The molecule has 1 fully saturated rings. The molecule has 25 heavy (non-hydrogen) atoms. The van der Waals surface area contributed by atoms with Crippen LogP contribution in [0.5, 0.6) is 0 Å². The van der Waals surface area contributed by atoms with Crippen molar-refractivity contribution in [1.82, 2.24) is 4.98 Å². The van der Waals surface area contributed by atoms with Gasteiger partial charge in [0.2, 0.25) is 0 Å². The first-order chi connectivity index (χ1) is 12.1. The first kappa shape index (κ1) is 16.1. The Bertz CT molecular complexity index is 944. The highest BCUT2D eigenvalue weighted by Crippen LogP contribution is 2.46. The highest BCUT2D eigenvalue weighted by molar-refractivity contribution is 7.17. The van der Waals surface area contributed by atoms with Crippen LogP contribution in [0.25, 0.3) is 10.8 Å². The quantitative estimate of drug-likeness (QED) is 0.666. The lowest BCUT2D eigenvalue weighted by Crippen LogP contribution is -2.25. The second-order valence-electron chi connectivity index (χ2n) is 6.77. The minimum atomic E-state index is -0.929. The number of anilines is 2. The molecule has 0 spiro atoms. The number of benzene rings is 2. The first-order valence-electron chi connectivity index (χ1n) is 8.56. The van der Waals surface area contributed by atoms with E-state index in [-0.39, 0.29) is 10.9 Å². The zero-order valence-corrected chi connectivity index (χ0v) is 15.1. The van der Waals surface area contributed by atoms with Crippen molar-refractivity contribution in [2.24, 2.45) is 0 Å². The van der Waals surface area contributed by atoms with Crippen LogP contribution >= 0.6 is 11.3 Å². The van der Waals surface area contributed by atoms with E-state index in [1.807, 2.05) is 0 Å². The third kappa shape index (κ3) is 2.89. The van der Waals surface area contributed by atoms with Gasteiger partial charge in [0.1, 0.15) is 4.88 Å². The van der Waals surface area contributed by atoms with E-state index in [1.165, 1.54) is 46.7 Å². The highest BCUT2D eigenvalue weighted by Gasteiger charge is 2.27. The van der Waals surface area contributed by atoms with Gasteiger partial charge in [-0.15, -0.1) is 0 Å². The van der Waals surface area contributed by atoms with Gasteiger partial charge in [-0.1, -0.05) is 41.7 Å². The zero-order chi connectivity index (χ0) is 17.6. The van der Waals surface area contributed by atoms with Crippen molar-refractivity contribution in [2.45, 2.75) is 38.6 Å². The third-order valence-electron chi connectivity index (χ3n) is 4.64. The molecule has 0 aliphatic heterocycles. The fourth-order valence-corrected chi connectivity index (χ4v) is 4.25. The van der Waals surface area contributed by atoms with Crippen molar-refractivity contribution < 1.29 is 9.90 Å². The number of fused-ring (bicyclic) bond motifs is 1. The van der Waals surface area contributed by atoms with E-state index < -0.39 is 5.97 Å². The molecule has 4 rings (SSSR count). The maximum atomic E-state index is 11.2. The van der Waals surface area contributed by atoms with Gasteiger partial charge in [-0.05, 0) is 49.6 Å². The van der Waals surface area contributed by atoms with E-state index in [4.69, 9.17) is 0 Å². The Labute approximate surface area is 150 Å². The minimum absolute atomic E-state index is 0.169. The van der Waals surface area contributed by atoms with Crippen molar-refractivity contribution in [3.05, 3.63) is 53.0 Å². The Morgan fingerprint density at radius 1 is 1.20 bits per heavy atom. The molecular weight excluding hydrogens is 332 g/mol. The van der Waals surface area contributed by atoms with E-state index >= 15 is 0 Å². The highest BCUT2D eigenvalue weighted by atomic mass is 32.1. The van der Waals surface area contributed by atoms with Gasteiger partial charge in [0.25, 0.3) is 0 Å². The van der Waals surface area contributed by atoms with E-state index in [2.05, 4.69) is 60.1 Å². The normalized spacial score (nSPS) is 14.2. The maximum absolute atomic E-state index is 11.2. The standard InChI is InChI=1S/C20H20N2O2S/c1-12(2)22(20-21-11-18(25-20)19(23)24)17-10-9-14(13-7-8-13)15-5-3-4-6-16(15)17/h3-6,9-13H,7-8H2,1-2H3,(H,23,24). The molecule has 128 valence electrons. The number of hydrogen-bond acceptors (Lipinski definition) is 4. The van der Waals surface area contributed by atoms with Gasteiger partial charge >= 0.3 is 5.97 Å². The van der Waals surface area contributed by atoms with Gasteiger partial charge in [-0.3, -0.25) is 0 Å². The van der Waals surface area contributed by atoms with Crippen LogP contribution in [0.2, 0.25) is 0 Å². The summed E-state index contributed by atoms with van der Waals surface area (Å²) in [6.07, 6.45) is 3.98. The van der Waals surface area contributed by atoms with E-state index in [9.17, 15) is 9.90 Å². The number of rotatable bonds is 5. The van der Waals surface area contributed by atoms with Crippen LogP contribution in [0, 0.1) is 0 Å². The van der Waals surface area contributed by atoms with Crippen molar-refractivity contribution in [1.29, 1.82) is 0 Å². The lowest BCUT2D eigenvalue weighted by Gasteiger charge is -2.28. The average molecular weight is 352 g/mol. The SMILES string of the molecule is CC(C)N(c1ncc(C(=O)O)s1)c1ccc(C2CC2)c2ccccc12. The summed E-state index contributed by atoms with van der Waals surface area (Å²) in [5.74, 6) is -0.244. The Hall–Kier alpha value is -2.40. The Balaban J connectivity index is 1.87. The van der Waals surface area contributed by atoms with Gasteiger partial charge in [0, 0.05) is 11.4 Å². The molecule has 2 aromatic carbocycles. The second kappa shape index (κ2) is 6.15. The fourth-order valence-electron chi connectivity index (χ4n) is 3.34. The molecule has 0 bridgehead atoms. The monoisotopic (exact) mass is 352 g/mol. The second-order valence-corrected chi connectivity index (χ2v) is 7.78. The number of nitrogens with zero attached hydrogens (tertiary/aromatic N) is 2. The van der Waals surface area contributed by atoms with E-state index in [1.54, 1.807) is 0 Å². The van der Waals surface area contributed by atoms with Gasteiger partial charge in [0.15, 0.2) is 5.13 Å². The molecule has 0 amide bonds. The molecule has 0 atom stereocenters. The fraction of sp³-hybridized carbons (Fsp3) is 0.300. The molecule has 5 heteroatoms. The van der Waals surface area contributed by atoms with E-state index in [0.29, 0.717) is 5.92 Å². The van der Waals surface area contributed by atoms with Crippen LogP contribution in [0.15, 0.2) is 42.6 Å². The lowest BCUT2D eigenvalue weighted by atomic mass is 9.99. The number of hydrogen-bond donors (Lipinski definition) is 1. The van der Waals surface area contributed by atoms with Gasteiger partial charge in [0.05, 0.1) is 11.9 Å². The number of carbonyl (C=O) groups is 1. The maximum Gasteiger partial charge on any atom is 0.347 e. The molecule has 1 aliphatic rings. The largest absolute Gasteiger partial charge is 0.477 e. The smallest absolute Gasteiger partial charge is 0.347 e. The number of carboxylic acids is 1. The lowest BCUT2D eigenvalue weighted by molar-refractivity contribution is 0.0702. The number of aromatic carboxylic acids is 1. The molecule has 3 aromatic rings. The summed E-state index contributed by atoms with van der Waals surface area (Å²) < 4.78 is 0. The summed E-state index contributed by atoms with van der Waals surface area (Å²) in [5.41, 5.74) is 2.51. The zero-order valence-electron chi connectivity index (χ0n) is 14.3. The summed E-state index contributed by atoms with van der Waals surface area (Å²) in [7, 11) is 0. The molecule has 1 saturated carbocycles. The number of aromatic nitrogens is 1. The summed E-state index contributed by atoms with van der Waals surface area (Å²) in [4.78, 5) is 18.0. The molecule has 1 N–H and O–H groups in total. The predicted molar refractivity (Wildman–Crippen MR) is 102 cm³/mol. The topological polar surface area (TPSA) is 53.4 Å². The van der Waals surface area contributed by atoms with Crippen LogP contribution in [0.4, 0.5) is 10.8 Å². The Kier molecular flexibility index (Phi) is 3.96. The van der Waals surface area contributed by atoms with Gasteiger partial charge < -0.3 is 10.0 Å². The summed E-state index contributed by atoms with van der Waals surface area (Å²) in [6.45, 7) is 4.21. The third-order valence-corrected chi connectivity index (χ3v) is 5.62. The average Bonchev–Trinajstić information content (AvgIpc) is 3.32. The number of thiazole rings is 1. The molecule has 0 saturated heterocycles. The van der Waals surface area contributed by atoms with Crippen LogP contribution in [-0.4, -0.2) is 22.1 Å². The Morgan fingerprint density at radius 3 is 2.52 bits per heavy atom. The van der Waals surface area contributed by atoms with Crippen LogP contribution in [0.1, 0.15) is 47.8 Å². The molecule has 1 heterocycles. The predicted octanol–water partition coefficient (Wildman–Crippen LogP) is 5.42. The van der Waals surface area contributed by atoms with Gasteiger partial charge in [-0.2, -0.15) is 0 Å². The molecular formula is C20H20N2O2S. The van der Waals surface area contributed by atoms with Crippen LogP contribution in [-0.2, 0) is 0 Å². The van der Waals surface area contributed by atoms with Crippen molar-refractivity contribution in [2.75, 3.05) is 4.90 Å². The molecule has 0 unspecified atom stereocenters. The molecule has 0 radical (unpaired) electrons. The van der Waals surface area contributed by atoms with Crippen LogP contribution in [0.3, 0.4) is 0 Å². The summed E-state index contributed by atoms with van der Waals surface area (Å²) >= 11 is 1.22. The molecule has 1 aromatic heterocycles. The molecule has 1 aliphatic carbocycles. The minimum Gasteiger partial charge on any atom is -0.477 e. The van der Waals surface area contributed by atoms with Crippen molar-refractivity contribution in [3.8, 4) is 0 Å². The molecule has 4 nitrogen and oxygen atoms in total. The Morgan fingerprint density at radius 2 is 1.92 bits per heavy atom. The summed E-state index contributed by atoms with van der Waals surface area (Å²) in [6, 6.07) is 13.1. The summed E-state index contributed by atoms with van der Waals surface area (Å²) in [5, 5.41) is 12.4. The van der Waals surface area contributed by atoms with Crippen molar-refractivity contribution >= 4 is 38.9 Å². The first-order valence-corrected chi connectivity index (χ1v) is 9.38. The van der Waals surface area contributed by atoms with Crippen molar-refractivity contribution in [3.63, 3.8) is 0 Å². The van der Waals surface area contributed by atoms with Gasteiger partial charge in [-0.25, -0.2) is 9.78 Å². The number of carboxylic acid groups (broad SMARTS) is 1. The van der Waals surface area contributed by atoms with E-state index in [0.717, 1.165) is 10.8 Å².